The van der Waals surface area contributed by atoms with E-state index in [9.17, 15) is 14.4 Å². The third-order valence-electron chi connectivity index (χ3n) is 3.64. The van der Waals surface area contributed by atoms with Gasteiger partial charge >= 0.3 is 18.0 Å². The van der Waals surface area contributed by atoms with Crippen molar-refractivity contribution >= 4 is 35.0 Å². The molecule has 0 aliphatic heterocycles. The second-order valence-corrected chi connectivity index (χ2v) is 5.58. The number of ether oxygens (including phenoxy) is 3. The van der Waals surface area contributed by atoms with Crippen molar-refractivity contribution in [1.29, 1.82) is 0 Å². The first-order valence-electron chi connectivity index (χ1n) is 8.42. The Labute approximate surface area is 167 Å². The van der Waals surface area contributed by atoms with Gasteiger partial charge in [0.1, 0.15) is 11.4 Å². The molecular weight excluding hydrogens is 378 g/mol. The van der Waals surface area contributed by atoms with Gasteiger partial charge in [0.15, 0.2) is 0 Å². The normalized spacial score (nSPS) is 10.5. The Kier molecular flexibility index (Phi) is 7.60. The topological polar surface area (TPSA) is 115 Å². The Morgan fingerprint density at radius 1 is 0.724 bits per heavy atom. The Balaban J connectivity index is 1.99. The molecule has 0 spiro atoms. The van der Waals surface area contributed by atoms with Crippen molar-refractivity contribution in [3.8, 4) is 5.75 Å². The van der Waals surface area contributed by atoms with Gasteiger partial charge in [-0.2, -0.15) is 0 Å². The fourth-order valence-corrected chi connectivity index (χ4v) is 2.19. The zero-order valence-corrected chi connectivity index (χ0v) is 16.1. The van der Waals surface area contributed by atoms with E-state index in [1.54, 1.807) is 55.6 Å². The van der Waals surface area contributed by atoms with E-state index in [-0.39, 0.29) is 5.70 Å². The highest BCUT2D eigenvalue weighted by atomic mass is 16.5. The zero-order chi connectivity index (χ0) is 21.2. The molecule has 2 amide bonds. The van der Waals surface area contributed by atoms with Gasteiger partial charge in [-0.3, -0.25) is 0 Å². The van der Waals surface area contributed by atoms with Crippen LogP contribution in [0.4, 0.5) is 21.9 Å². The summed E-state index contributed by atoms with van der Waals surface area (Å²) in [7, 11) is 3.96. The van der Waals surface area contributed by atoms with Gasteiger partial charge in [0.05, 0.1) is 27.4 Å². The molecule has 2 aromatic carbocycles. The lowest BCUT2D eigenvalue weighted by Gasteiger charge is -2.11. The van der Waals surface area contributed by atoms with Crippen molar-refractivity contribution in [3.05, 3.63) is 60.3 Å². The number of anilines is 3. The molecule has 0 aliphatic rings. The number of nitrogens with one attached hydrogen (secondary N) is 3. The van der Waals surface area contributed by atoms with Crippen molar-refractivity contribution in [2.24, 2.45) is 0 Å². The Morgan fingerprint density at radius 3 is 1.66 bits per heavy atom. The molecule has 3 N–H and O–H groups in total. The predicted octanol–water partition coefficient (Wildman–Crippen LogP) is 2.98. The molecule has 2 aromatic rings. The summed E-state index contributed by atoms with van der Waals surface area (Å²) < 4.78 is 14.2. The quantitative estimate of drug-likeness (QED) is 0.484. The number of benzene rings is 2. The minimum Gasteiger partial charge on any atom is -0.497 e. The number of carbonyl (C=O) groups excluding carboxylic acids is 3. The minimum absolute atomic E-state index is 0.0858. The molecule has 0 saturated carbocycles. The smallest absolute Gasteiger partial charge is 0.354 e. The van der Waals surface area contributed by atoms with Gasteiger partial charge in [-0.1, -0.05) is 0 Å². The first-order valence-corrected chi connectivity index (χ1v) is 8.42. The second kappa shape index (κ2) is 10.4. The fraction of sp³-hybridized carbons (Fsp3) is 0.150. The molecular formula is C20H21N3O6. The van der Waals surface area contributed by atoms with Crippen molar-refractivity contribution in [2.45, 2.75) is 0 Å². The summed E-state index contributed by atoms with van der Waals surface area (Å²) in [6.45, 7) is 0. The maximum absolute atomic E-state index is 12.1. The molecule has 0 aromatic heterocycles. The van der Waals surface area contributed by atoms with Crippen LogP contribution in [-0.2, 0) is 19.1 Å². The Hall–Kier alpha value is -4.01. The SMILES string of the molecule is COC(=O)/C=C(/Nc1ccc(NC(=O)Nc2ccc(OC)cc2)cc1)C(=O)OC. The number of hydrogen-bond acceptors (Lipinski definition) is 7. The van der Waals surface area contributed by atoms with E-state index >= 15 is 0 Å². The molecule has 152 valence electrons. The molecule has 2 rings (SSSR count). The van der Waals surface area contributed by atoms with E-state index in [1.807, 2.05) is 0 Å². The van der Waals surface area contributed by atoms with E-state index in [4.69, 9.17) is 4.74 Å². The monoisotopic (exact) mass is 399 g/mol. The van der Waals surface area contributed by atoms with Crippen molar-refractivity contribution in [3.63, 3.8) is 0 Å². The average Bonchev–Trinajstić information content (AvgIpc) is 2.74. The van der Waals surface area contributed by atoms with Gasteiger partial charge < -0.3 is 30.2 Å². The van der Waals surface area contributed by atoms with Gasteiger partial charge in [0, 0.05) is 17.1 Å². The van der Waals surface area contributed by atoms with Crippen LogP contribution in [0.1, 0.15) is 0 Å². The fourth-order valence-electron chi connectivity index (χ4n) is 2.19. The molecule has 0 radical (unpaired) electrons. The number of rotatable bonds is 7. The number of esters is 2. The lowest BCUT2D eigenvalue weighted by molar-refractivity contribution is -0.138. The van der Waals surface area contributed by atoms with E-state index in [0.717, 1.165) is 6.08 Å². The van der Waals surface area contributed by atoms with E-state index in [0.29, 0.717) is 22.8 Å². The zero-order valence-electron chi connectivity index (χ0n) is 16.1. The third kappa shape index (κ3) is 6.58. The number of carbonyl (C=O) groups is 3. The number of hydrogen-bond donors (Lipinski definition) is 3. The minimum atomic E-state index is -0.725. The highest BCUT2D eigenvalue weighted by Crippen LogP contribution is 2.18. The maximum Gasteiger partial charge on any atom is 0.354 e. The summed E-state index contributed by atoms with van der Waals surface area (Å²) in [6, 6.07) is 13.0. The first-order chi connectivity index (χ1) is 13.9. The van der Waals surface area contributed by atoms with Crippen molar-refractivity contribution < 1.29 is 28.6 Å². The molecule has 0 aliphatic carbocycles. The number of urea groups is 1. The third-order valence-corrected chi connectivity index (χ3v) is 3.64. The standard InChI is InChI=1S/C20H21N3O6/c1-27-16-10-8-15(9-11-16)23-20(26)22-14-6-4-13(5-7-14)21-17(19(25)29-3)12-18(24)28-2/h4-12,21H,1-3H3,(H2,22,23,26)/b17-12+. The molecule has 9 nitrogen and oxygen atoms in total. The van der Waals surface area contributed by atoms with Crippen LogP contribution in [0.5, 0.6) is 5.75 Å². The lowest BCUT2D eigenvalue weighted by Crippen LogP contribution is -2.19. The molecule has 0 unspecified atom stereocenters. The van der Waals surface area contributed by atoms with Crippen molar-refractivity contribution in [2.75, 3.05) is 37.3 Å². The average molecular weight is 399 g/mol. The van der Waals surface area contributed by atoms with Crippen LogP contribution in [0.3, 0.4) is 0 Å². The van der Waals surface area contributed by atoms with Crippen LogP contribution in [0, 0.1) is 0 Å². The summed E-state index contributed by atoms with van der Waals surface area (Å²) >= 11 is 0. The Bertz CT molecular complexity index is 891. The van der Waals surface area contributed by atoms with Crippen LogP contribution in [-0.4, -0.2) is 39.3 Å². The van der Waals surface area contributed by atoms with Gasteiger partial charge in [-0.05, 0) is 48.5 Å². The van der Waals surface area contributed by atoms with Crippen LogP contribution in [0.25, 0.3) is 0 Å². The van der Waals surface area contributed by atoms with Gasteiger partial charge in [0.2, 0.25) is 0 Å². The van der Waals surface area contributed by atoms with Crippen molar-refractivity contribution in [1.82, 2.24) is 0 Å². The lowest BCUT2D eigenvalue weighted by atomic mass is 10.2. The predicted molar refractivity (Wildman–Crippen MR) is 108 cm³/mol. The summed E-state index contributed by atoms with van der Waals surface area (Å²) in [5, 5.41) is 8.15. The summed E-state index contributed by atoms with van der Waals surface area (Å²) in [4.78, 5) is 35.2. The highest BCUT2D eigenvalue weighted by molar-refractivity contribution is 6.00. The molecule has 29 heavy (non-hydrogen) atoms. The maximum atomic E-state index is 12.1. The molecule has 0 heterocycles. The van der Waals surface area contributed by atoms with Crippen LogP contribution in [0.15, 0.2) is 60.3 Å². The number of amides is 2. The largest absolute Gasteiger partial charge is 0.497 e. The molecule has 0 fully saturated rings. The molecule has 0 saturated heterocycles. The highest BCUT2D eigenvalue weighted by Gasteiger charge is 2.13. The van der Waals surface area contributed by atoms with Crippen LogP contribution in [0.2, 0.25) is 0 Å². The summed E-state index contributed by atoms with van der Waals surface area (Å²) in [5.41, 5.74) is 1.55. The Morgan fingerprint density at radius 2 is 1.21 bits per heavy atom. The molecule has 0 atom stereocenters. The van der Waals surface area contributed by atoms with Crippen LogP contribution >= 0.6 is 0 Å². The molecule has 0 bridgehead atoms. The molecule has 9 heteroatoms. The number of methoxy groups -OCH3 is 3. The van der Waals surface area contributed by atoms with Gasteiger partial charge in [-0.15, -0.1) is 0 Å². The van der Waals surface area contributed by atoms with Gasteiger partial charge in [-0.25, -0.2) is 14.4 Å². The van der Waals surface area contributed by atoms with E-state index < -0.39 is 18.0 Å². The van der Waals surface area contributed by atoms with Crippen LogP contribution < -0.4 is 20.7 Å². The van der Waals surface area contributed by atoms with E-state index in [1.165, 1.54) is 14.2 Å². The summed E-state index contributed by atoms with van der Waals surface area (Å²) in [5.74, 6) is -0.741. The van der Waals surface area contributed by atoms with Gasteiger partial charge in [0.25, 0.3) is 0 Å². The first kappa shape index (κ1) is 21.3. The van der Waals surface area contributed by atoms with E-state index in [2.05, 4.69) is 25.4 Å². The summed E-state index contributed by atoms with van der Waals surface area (Å²) in [6.07, 6.45) is 0.986. The second-order valence-electron chi connectivity index (χ2n) is 5.58.